The number of phenols is 1. The lowest BCUT2D eigenvalue weighted by Gasteiger charge is -2.10. The Morgan fingerprint density at radius 2 is 2.23 bits per heavy atom. The zero-order chi connectivity index (χ0) is 9.59. The van der Waals surface area contributed by atoms with E-state index in [2.05, 4.69) is 0 Å². The summed E-state index contributed by atoms with van der Waals surface area (Å²) in [6.45, 7) is 0. The summed E-state index contributed by atoms with van der Waals surface area (Å²) in [5.74, 6) is -0.745. The van der Waals surface area contributed by atoms with E-state index in [-0.39, 0.29) is 17.5 Å². The van der Waals surface area contributed by atoms with Crippen molar-refractivity contribution >= 4 is 5.69 Å². The predicted molar refractivity (Wildman–Crippen MR) is 47.7 cm³/mol. The van der Waals surface area contributed by atoms with Crippen LogP contribution in [0.25, 0.3) is 0 Å². The maximum Gasteiger partial charge on any atom is 0.150 e. The minimum atomic E-state index is -0.564. The van der Waals surface area contributed by atoms with Crippen LogP contribution in [-0.2, 0) is 6.42 Å². The molecule has 13 heavy (non-hydrogen) atoms. The highest BCUT2D eigenvalue weighted by molar-refractivity contribution is 5.61. The van der Waals surface area contributed by atoms with Crippen LogP contribution in [0.3, 0.4) is 0 Å². The summed E-state index contributed by atoms with van der Waals surface area (Å²) in [5, 5.41) is 9.52. The molecular formula is C9H11FN2O. The molecule has 1 atom stereocenters. The van der Waals surface area contributed by atoms with Gasteiger partial charge in [0.15, 0.2) is 0 Å². The van der Waals surface area contributed by atoms with Gasteiger partial charge in [0, 0.05) is 11.6 Å². The molecule has 0 aliphatic heterocycles. The lowest BCUT2D eigenvalue weighted by Crippen LogP contribution is -2.07. The summed E-state index contributed by atoms with van der Waals surface area (Å²) in [7, 11) is 0. The smallest absolute Gasteiger partial charge is 0.150 e. The first-order chi connectivity index (χ1) is 6.11. The van der Waals surface area contributed by atoms with Crippen molar-refractivity contribution in [2.24, 2.45) is 5.73 Å². The first kappa shape index (κ1) is 8.31. The van der Waals surface area contributed by atoms with Crippen molar-refractivity contribution < 1.29 is 9.50 Å². The zero-order valence-electron chi connectivity index (χ0n) is 7.05. The van der Waals surface area contributed by atoms with Crippen LogP contribution >= 0.6 is 0 Å². The number of hydrogen-bond acceptors (Lipinski definition) is 3. The Hall–Kier alpha value is -1.29. The Balaban J connectivity index is 2.68. The number of rotatable bonds is 0. The van der Waals surface area contributed by atoms with Gasteiger partial charge in [-0.15, -0.1) is 0 Å². The Morgan fingerprint density at radius 3 is 2.92 bits per heavy atom. The highest BCUT2D eigenvalue weighted by Gasteiger charge is 2.25. The third-order valence-corrected chi connectivity index (χ3v) is 2.51. The lowest BCUT2D eigenvalue weighted by molar-refractivity contribution is 0.461. The summed E-state index contributed by atoms with van der Waals surface area (Å²) in [6, 6.07) is 1.15. The van der Waals surface area contributed by atoms with Crippen molar-refractivity contribution in [3.05, 3.63) is 23.0 Å². The maximum absolute atomic E-state index is 13.0. The van der Waals surface area contributed by atoms with Gasteiger partial charge in [0.05, 0.1) is 0 Å². The first-order valence-electron chi connectivity index (χ1n) is 4.16. The van der Waals surface area contributed by atoms with Gasteiger partial charge < -0.3 is 16.6 Å². The molecule has 0 saturated heterocycles. The van der Waals surface area contributed by atoms with E-state index in [1.54, 1.807) is 0 Å². The van der Waals surface area contributed by atoms with Crippen LogP contribution in [0.5, 0.6) is 5.75 Å². The third-order valence-electron chi connectivity index (χ3n) is 2.51. The van der Waals surface area contributed by atoms with Crippen molar-refractivity contribution in [2.75, 3.05) is 5.73 Å². The number of benzene rings is 1. The molecule has 4 heteroatoms. The Kier molecular flexibility index (Phi) is 1.66. The number of hydrogen-bond donors (Lipinski definition) is 3. The molecule has 3 nitrogen and oxygen atoms in total. The first-order valence-corrected chi connectivity index (χ1v) is 4.16. The topological polar surface area (TPSA) is 72.3 Å². The van der Waals surface area contributed by atoms with Crippen molar-refractivity contribution in [3.8, 4) is 5.75 Å². The van der Waals surface area contributed by atoms with Crippen LogP contribution in [0.1, 0.15) is 23.6 Å². The molecule has 1 aliphatic rings. The predicted octanol–water partition coefficient (Wildman–Crippen LogP) is 1.06. The van der Waals surface area contributed by atoms with Crippen LogP contribution < -0.4 is 11.5 Å². The molecule has 2 rings (SSSR count). The fourth-order valence-electron chi connectivity index (χ4n) is 1.79. The number of halogens is 1. The van der Waals surface area contributed by atoms with Crippen LogP contribution in [-0.4, -0.2) is 5.11 Å². The van der Waals surface area contributed by atoms with E-state index in [9.17, 15) is 9.50 Å². The number of nitrogen functional groups attached to an aromatic ring is 1. The SMILES string of the molecule is Nc1c(F)cc2c(c1O)[C@@H](N)CC2. The van der Waals surface area contributed by atoms with Gasteiger partial charge in [-0.2, -0.15) is 0 Å². The zero-order valence-corrected chi connectivity index (χ0v) is 7.05. The summed E-state index contributed by atoms with van der Waals surface area (Å²) in [5.41, 5.74) is 12.3. The molecule has 0 saturated carbocycles. The monoisotopic (exact) mass is 182 g/mol. The number of phenolic OH excluding ortho intramolecular Hbond substituents is 1. The largest absolute Gasteiger partial charge is 0.505 e. The molecule has 0 unspecified atom stereocenters. The van der Waals surface area contributed by atoms with Gasteiger partial charge >= 0.3 is 0 Å². The number of fused-ring (bicyclic) bond motifs is 1. The van der Waals surface area contributed by atoms with Crippen LogP contribution in [0, 0.1) is 5.82 Å². The molecule has 1 aliphatic carbocycles. The molecule has 0 bridgehead atoms. The summed E-state index contributed by atoms with van der Waals surface area (Å²) in [6.07, 6.45) is 1.45. The molecule has 5 N–H and O–H groups in total. The van der Waals surface area contributed by atoms with E-state index < -0.39 is 5.82 Å². The van der Waals surface area contributed by atoms with Crippen molar-refractivity contribution in [1.29, 1.82) is 0 Å². The normalized spacial score (nSPS) is 20.3. The Labute approximate surface area is 75.2 Å². The van der Waals surface area contributed by atoms with Gasteiger partial charge in [-0.1, -0.05) is 0 Å². The Morgan fingerprint density at radius 1 is 1.54 bits per heavy atom. The van der Waals surface area contributed by atoms with Crippen molar-refractivity contribution in [2.45, 2.75) is 18.9 Å². The standard InChI is InChI=1S/C9H11FN2O/c10-5-3-4-1-2-6(11)7(4)9(13)8(5)12/h3,6,13H,1-2,11-12H2/t6-/m0/s1. The fourth-order valence-corrected chi connectivity index (χ4v) is 1.79. The lowest BCUT2D eigenvalue weighted by atomic mass is 10.1. The van der Waals surface area contributed by atoms with Gasteiger partial charge in [0.25, 0.3) is 0 Å². The van der Waals surface area contributed by atoms with E-state index in [0.29, 0.717) is 12.0 Å². The van der Waals surface area contributed by atoms with E-state index in [4.69, 9.17) is 11.5 Å². The second kappa shape index (κ2) is 2.60. The van der Waals surface area contributed by atoms with E-state index in [1.807, 2.05) is 0 Å². The number of nitrogens with two attached hydrogens (primary N) is 2. The average Bonchev–Trinajstić information content (AvgIpc) is 2.43. The van der Waals surface area contributed by atoms with Gasteiger partial charge in [-0.25, -0.2) is 4.39 Å². The second-order valence-corrected chi connectivity index (χ2v) is 3.34. The van der Waals surface area contributed by atoms with Crippen LogP contribution in [0.2, 0.25) is 0 Å². The molecule has 0 fully saturated rings. The highest BCUT2D eigenvalue weighted by atomic mass is 19.1. The molecule has 0 spiro atoms. The molecule has 0 radical (unpaired) electrons. The molecule has 0 aromatic heterocycles. The molecule has 1 aromatic carbocycles. The van der Waals surface area contributed by atoms with E-state index in [1.165, 1.54) is 6.07 Å². The number of anilines is 1. The summed E-state index contributed by atoms with van der Waals surface area (Å²) >= 11 is 0. The highest BCUT2D eigenvalue weighted by Crippen LogP contribution is 2.40. The van der Waals surface area contributed by atoms with E-state index in [0.717, 1.165) is 12.0 Å². The quantitative estimate of drug-likeness (QED) is 0.415. The average molecular weight is 182 g/mol. The number of aryl methyl sites for hydroxylation is 1. The molecule has 70 valence electrons. The molecule has 1 aromatic rings. The maximum atomic E-state index is 13.0. The van der Waals surface area contributed by atoms with Gasteiger partial charge in [-0.3, -0.25) is 0 Å². The van der Waals surface area contributed by atoms with Crippen LogP contribution in [0.4, 0.5) is 10.1 Å². The fraction of sp³-hybridized carbons (Fsp3) is 0.333. The molecule has 0 amide bonds. The molecular weight excluding hydrogens is 171 g/mol. The van der Waals surface area contributed by atoms with E-state index >= 15 is 0 Å². The van der Waals surface area contributed by atoms with Gasteiger partial charge in [-0.05, 0) is 24.5 Å². The second-order valence-electron chi connectivity index (χ2n) is 3.34. The molecule has 0 heterocycles. The minimum Gasteiger partial charge on any atom is -0.505 e. The van der Waals surface area contributed by atoms with Crippen LogP contribution in [0.15, 0.2) is 6.07 Å². The number of aromatic hydroxyl groups is 1. The minimum absolute atomic E-state index is 0.181. The summed E-state index contributed by atoms with van der Waals surface area (Å²) < 4.78 is 13.0. The third kappa shape index (κ3) is 1.06. The van der Waals surface area contributed by atoms with Gasteiger partial charge in [0.2, 0.25) is 0 Å². The van der Waals surface area contributed by atoms with Gasteiger partial charge in [0.1, 0.15) is 17.3 Å². The van der Waals surface area contributed by atoms with Crippen molar-refractivity contribution in [1.82, 2.24) is 0 Å². The summed E-state index contributed by atoms with van der Waals surface area (Å²) in [4.78, 5) is 0. The van der Waals surface area contributed by atoms with Crippen molar-refractivity contribution in [3.63, 3.8) is 0 Å². The Bertz CT molecular complexity index is 365.